The van der Waals surface area contributed by atoms with Crippen LogP contribution in [-0.4, -0.2) is 8.42 Å². The molecule has 0 unspecified atom stereocenters. The van der Waals surface area contributed by atoms with Crippen molar-refractivity contribution in [3.05, 3.63) is 54.1 Å². The van der Waals surface area contributed by atoms with Crippen molar-refractivity contribution in [2.75, 3.05) is 10.5 Å². The molecule has 2 aromatic rings. The molecule has 0 aromatic heterocycles. The van der Waals surface area contributed by atoms with Crippen molar-refractivity contribution in [3.8, 4) is 0 Å². The third kappa shape index (κ3) is 3.00. The van der Waals surface area contributed by atoms with Gasteiger partial charge >= 0.3 is 0 Å². The van der Waals surface area contributed by atoms with E-state index in [4.69, 9.17) is 5.73 Å². The Hall–Kier alpha value is -2.15. The van der Waals surface area contributed by atoms with Crippen LogP contribution in [0, 0.1) is 11.6 Å². The number of halogens is 2. The van der Waals surface area contributed by atoms with Gasteiger partial charge in [0.1, 0.15) is 16.5 Å². The Bertz CT molecular complexity index is 717. The molecule has 0 spiro atoms. The van der Waals surface area contributed by atoms with Gasteiger partial charge in [-0.05, 0) is 36.4 Å². The molecule has 0 aliphatic rings. The number of hydrogen-bond acceptors (Lipinski definition) is 3. The first-order valence-corrected chi connectivity index (χ1v) is 6.70. The predicted octanol–water partition coefficient (Wildman–Crippen LogP) is 2.35. The lowest BCUT2D eigenvalue weighted by atomic mass is 10.3. The van der Waals surface area contributed by atoms with Gasteiger partial charge < -0.3 is 5.73 Å². The number of nitrogen functional groups attached to an aromatic ring is 1. The van der Waals surface area contributed by atoms with E-state index < -0.39 is 26.6 Å². The van der Waals surface area contributed by atoms with E-state index in [1.165, 1.54) is 24.3 Å². The summed E-state index contributed by atoms with van der Waals surface area (Å²) in [5.74, 6) is -1.57. The van der Waals surface area contributed by atoms with Crippen molar-refractivity contribution in [2.24, 2.45) is 0 Å². The normalized spacial score (nSPS) is 11.3. The van der Waals surface area contributed by atoms with Gasteiger partial charge in [0.25, 0.3) is 10.0 Å². The highest BCUT2D eigenvalue weighted by molar-refractivity contribution is 7.92. The maximum absolute atomic E-state index is 13.6. The lowest BCUT2D eigenvalue weighted by Crippen LogP contribution is -2.14. The van der Waals surface area contributed by atoms with Gasteiger partial charge in [-0.25, -0.2) is 17.2 Å². The average Bonchev–Trinajstić information content (AvgIpc) is 2.27. The summed E-state index contributed by atoms with van der Waals surface area (Å²) in [6.45, 7) is 0. The van der Waals surface area contributed by atoms with E-state index in [9.17, 15) is 17.2 Å². The summed E-state index contributed by atoms with van der Waals surface area (Å²) in [7, 11) is -4.12. The van der Waals surface area contributed by atoms with Crippen LogP contribution in [0.1, 0.15) is 0 Å². The summed E-state index contributed by atoms with van der Waals surface area (Å²) in [4.78, 5) is -0.550. The van der Waals surface area contributed by atoms with Gasteiger partial charge in [-0.2, -0.15) is 0 Å². The van der Waals surface area contributed by atoms with E-state index in [-0.39, 0.29) is 11.4 Å². The maximum atomic E-state index is 13.6. The van der Waals surface area contributed by atoms with Gasteiger partial charge in [0, 0.05) is 5.69 Å². The average molecular weight is 284 g/mol. The fourth-order valence-corrected chi connectivity index (χ4v) is 2.61. The molecule has 19 heavy (non-hydrogen) atoms. The number of sulfonamides is 1. The lowest BCUT2D eigenvalue weighted by molar-refractivity contribution is 0.571. The monoisotopic (exact) mass is 284 g/mol. The smallest absolute Gasteiger partial charge is 0.264 e. The molecule has 0 fully saturated rings. The fourth-order valence-electron chi connectivity index (χ4n) is 1.50. The summed E-state index contributed by atoms with van der Waals surface area (Å²) in [6, 6.07) is 8.08. The van der Waals surface area contributed by atoms with Crippen LogP contribution in [0.5, 0.6) is 0 Å². The highest BCUT2D eigenvalue weighted by Crippen LogP contribution is 2.20. The Morgan fingerprint density at radius 3 is 2.42 bits per heavy atom. The van der Waals surface area contributed by atoms with E-state index in [1.54, 1.807) is 0 Å². The summed E-state index contributed by atoms with van der Waals surface area (Å²) in [6.07, 6.45) is 0. The zero-order valence-corrected chi connectivity index (χ0v) is 10.4. The van der Waals surface area contributed by atoms with Crippen molar-refractivity contribution < 1.29 is 17.2 Å². The van der Waals surface area contributed by atoms with E-state index in [1.807, 2.05) is 0 Å². The Kier molecular flexibility index (Phi) is 3.39. The molecular formula is C12H10F2N2O2S. The minimum Gasteiger partial charge on any atom is -0.399 e. The molecule has 3 N–H and O–H groups in total. The minimum absolute atomic E-state index is 0.0104. The largest absolute Gasteiger partial charge is 0.399 e. The SMILES string of the molecule is Nc1ccc(S(=O)(=O)Nc2cccc(F)c2)c(F)c1. The number of rotatable bonds is 3. The van der Waals surface area contributed by atoms with Crippen molar-refractivity contribution in [3.63, 3.8) is 0 Å². The van der Waals surface area contributed by atoms with Crippen LogP contribution < -0.4 is 10.5 Å². The third-order valence-electron chi connectivity index (χ3n) is 2.32. The molecule has 0 saturated heterocycles. The molecule has 0 amide bonds. The molecule has 2 aromatic carbocycles. The van der Waals surface area contributed by atoms with Crippen LogP contribution in [0.2, 0.25) is 0 Å². The Balaban J connectivity index is 2.38. The summed E-state index contributed by atoms with van der Waals surface area (Å²) >= 11 is 0. The Morgan fingerprint density at radius 2 is 1.79 bits per heavy atom. The maximum Gasteiger partial charge on any atom is 0.264 e. The first-order chi connectivity index (χ1) is 8.88. The quantitative estimate of drug-likeness (QED) is 0.850. The topological polar surface area (TPSA) is 72.2 Å². The molecule has 0 radical (unpaired) electrons. The highest BCUT2D eigenvalue weighted by atomic mass is 32.2. The molecule has 100 valence electrons. The van der Waals surface area contributed by atoms with E-state index >= 15 is 0 Å². The standard InChI is InChI=1S/C12H10F2N2O2S/c13-8-2-1-3-10(6-8)16-19(17,18)12-5-4-9(15)7-11(12)14/h1-7,16H,15H2. The molecule has 4 nitrogen and oxygen atoms in total. The number of nitrogens with two attached hydrogens (primary N) is 1. The van der Waals surface area contributed by atoms with Gasteiger partial charge in [-0.15, -0.1) is 0 Å². The minimum atomic E-state index is -4.12. The fraction of sp³-hybridized carbons (Fsp3) is 0. The van der Waals surface area contributed by atoms with Crippen LogP contribution >= 0.6 is 0 Å². The zero-order valence-electron chi connectivity index (χ0n) is 9.60. The van der Waals surface area contributed by atoms with Gasteiger partial charge in [0.15, 0.2) is 0 Å². The summed E-state index contributed by atoms with van der Waals surface area (Å²) in [5.41, 5.74) is 5.46. The van der Waals surface area contributed by atoms with Crippen LogP contribution in [-0.2, 0) is 10.0 Å². The first-order valence-electron chi connectivity index (χ1n) is 5.22. The second-order valence-corrected chi connectivity index (χ2v) is 5.46. The van der Waals surface area contributed by atoms with Gasteiger partial charge in [-0.3, -0.25) is 4.72 Å². The van der Waals surface area contributed by atoms with Crippen molar-refractivity contribution in [1.82, 2.24) is 0 Å². The third-order valence-corrected chi connectivity index (χ3v) is 3.74. The van der Waals surface area contributed by atoms with Crippen molar-refractivity contribution in [2.45, 2.75) is 4.90 Å². The summed E-state index contributed by atoms with van der Waals surface area (Å²) < 4.78 is 52.5. The van der Waals surface area contributed by atoms with Crippen LogP contribution in [0.3, 0.4) is 0 Å². The number of nitrogens with one attached hydrogen (secondary N) is 1. The molecule has 7 heteroatoms. The second kappa shape index (κ2) is 4.85. The van der Waals surface area contributed by atoms with E-state index in [2.05, 4.69) is 4.72 Å². The second-order valence-electron chi connectivity index (χ2n) is 3.81. The van der Waals surface area contributed by atoms with Gasteiger partial charge in [0.2, 0.25) is 0 Å². The molecule has 0 aliphatic heterocycles. The molecule has 2 rings (SSSR count). The van der Waals surface area contributed by atoms with Crippen molar-refractivity contribution >= 4 is 21.4 Å². The van der Waals surface area contributed by atoms with Crippen molar-refractivity contribution in [1.29, 1.82) is 0 Å². The summed E-state index contributed by atoms with van der Waals surface area (Å²) in [5, 5.41) is 0. The predicted molar refractivity (Wildman–Crippen MR) is 68.0 cm³/mol. The number of hydrogen-bond donors (Lipinski definition) is 2. The van der Waals surface area contributed by atoms with Gasteiger partial charge in [0.05, 0.1) is 5.69 Å². The molecule has 0 bridgehead atoms. The molecular weight excluding hydrogens is 274 g/mol. The lowest BCUT2D eigenvalue weighted by Gasteiger charge is -2.09. The molecule has 0 heterocycles. The van der Waals surface area contributed by atoms with E-state index in [0.29, 0.717) is 0 Å². The highest BCUT2D eigenvalue weighted by Gasteiger charge is 2.19. The molecule has 0 saturated carbocycles. The first kappa shape index (κ1) is 13.3. The van der Waals surface area contributed by atoms with Gasteiger partial charge in [-0.1, -0.05) is 6.07 Å². The van der Waals surface area contributed by atoms with E-state index in [0.717, 1.165) is 18.2 Å². The van der Waals surface area contributed by atoms with Crippen LogP contribution in [0.15, 0.2) is 47.4 Å². The van der Waals surface area contributed by atoms with Crippen LogP contribution in [0.4, 0.5) is 20.2 Å². The number of benzene rings is 2. The number of anilines is 2. The molecule has 0 atom stereocenters. The Labute approximate surface area is 108 Å². The zero-order chi connectivity index (χ0) is 14.0. The Morgan fingerprint density at radius 1 is 1.05 bits per heavy atom. The molecule has 0 aliphatic carbocycles. The van der Waals surface area contributed by atoms with Crippen LogP contribution in [0.25, 0.3) is 0 Å².